The predicted octanol–water partition coefficient (Wildman–Crippen LogP) is 3.92. The summed E-state index contributed by atoms with van der Waals surface area (Å²) in [5.74, 6) is -1.09. The first-order valence-corrected chi connectivity index (χ1v) is 11.5. The first-order chi connectivity index (χ1) is 14.7. The van der Waals surface area contributed by atoms with E-state index in [0.717, 1.165) is 41.9 Å². The molecule has 1 amide bonds. The number of nitrogens with zero attached hydrogens (tertiary/aromatic N) is 3. The van der Waals surface area contributed by atoms with E-state index in [2.05, 4.69) is 15.6 Å². The lowest BCUT2D eigenvalue weighted by Gasteiger charge is -2.28. The molecule has 7 heteroatoms. The molecule has 0 saturated heterocycles. The normalized spacial score (nSPS) is 21.3. The molecule has 0 bridgehead atoms. The van der Waals surface area contributed by atoms with Crippen LogP contribution in [0.4, 0.5) is 0 Å². The van der Waals surface area contributed by atoms with E-state index in [4.69, 9.17) is 0 Å². The van der Waals surface area contributed by atoms with Gasteiger partial charge < -0.3 is 5.32 Å². The number of carbonyl (C=O) groups is 2. The van der Waals surface area contributed by atoms with Crippen molar-refractivity contribution < 1.29 is 9.59 Å². The molecule has 1 fully saturated rings. The number of thiophene rings is 1. The average Bonchev–Trinajstić information content (AvgIpc) is 3.41. The molecule has 3 aromatic rings. The van der Waals surface area contributed by atoms with Crippen LogP contribution in [-0.4, -0.2) is 32.7 Å². The Labute approximate surface area is 179 Å². The minimum absolute atomic E-state index is 0.00815. The summed E-state index contributed by atoms with van der Waals surface area (Å²) in [6, 6.07) is 11.4. The van der Waals surface area contributed by atoms with Crippen LogP contribution in [0.15, 0.2) is 48.0 Å². The van der Waals surface area contributed by atoms with Crippen LogP contribution in [0.3, 0.4) is 0 Å². The van der Waals surface area contributed by atoms with Crippen molar-refractivity contribution in [1.29, 1.82) is 0 Å². The smallest absolute Gasteiger partial charge is 0.228 e. The largest absolute Gasteiger partial charge is 0.353 e. The van der Waals surface area contributed by atoms with Crippen LogP contribution in [-0.2, 0) is 11.2 Å². The zero-order valence-electron chi connectivity index (χ0n) is 16.7. The highest BCUT2D eigenvalue weighted by Gasteiger charge is 2.41. The number of amides is 1. The number of benzene rings is 1. The first kappa shape index (κ1) is 19.2. The Morgan fingerprint density at radius 3 is 2.67 bits per heavy atom. The maximum absolute atomic E-state index is 13.6. The predicted molar refractivity (Wildman–Crippen MR) is 115 cm³/mol. The second-order valence-corrected chi connectivity index (χ2v) is 9.07. The summed E-state index contributed by atoms with van der Waals surface area (Å²) < 4.78 is 1.79. The maximum atomic E-state index is 13.6. The van der Waals surface area contributed by atoms with Crippen LogP contribution in [0.25, 0.3) is 5.00 Å². The molecule has 1 N–H and O–H groups in total. The molecule has 30 heavy (non-hydrogen) atoms. The molecule has 0 spiro atoms. The van der Waals surface area contributed by atoms with Crippen molar-refractivity contribution in [2.45, 2.75) is 50.5 Å². The lowest BCUT2D eigenvalue weighted by molar-refractivity contribution is -0.124. The fraction of sp³-hybridized carbons (Fsp3) is 0.391. The number of fused-ring (bicyclic) bond motifs is 3. The minimum atomic E-state index is -0.539. The molecule has 2 atom stereocenters. The van der Waals surface area contributed by atoms with E-state index in [1.54, 1.807) is 10.9 Å². The number of aromatic nitrogens is 3. The molecule has 1 aliphatic carbocycles. The molecule has 1 aromatic carbocycles. The number of rotatable bonds is 4. The van der Waals surface area contributed by atoms with Gasteiger partial charge in [-0.25, -0.2) is 4.68 Å². The summed E-state index contributed by atoms with van der Waals surface area (Å²) in [4.78, 5) is 27.2. The topological polar surface area (TPSA) is 76.9 Å². The summed E-state index contributed by atoms with van der Waals surface area (Å²) in [7, 11) is 0. The van der Waals surface area contributed by atoms with E-state index in [9.17, 15) is 9.59 Å². The Bertz CT molecular complexity index is 1050. The molecule has 0 radical (unpaired) electrons. The molecule has 3 heterocycles. The summed E-state index contributed by atoms with van der Waals surface area (Å²) >= 11 is 1.53. The third-order valence-corrected chi connectivity index (χ3v) is 7.19. The van der Waals surface area contributed by atoms with E-state index in [0.29, 0.717) is 12.0 Å². The standard InChI is InChI=1S/C23H24N4O2S/c28-21(15-7-3-1-4-8-15)19-13-17-14-24-26-27(17)23-18(11-12-30-23)20(19)22(29)25-16-9-5-2-6-10-16/h1,3-4,7-8,11-12,14,16,19-20H,2,5-6,9-10,13H2,(H,25,29). The van der Waals surface area contributed by atoms with Gasteiger partial charge in [-0.05, 0) is 24.3 Å². The van der Waals surface area contributed by atoms with Crippen molar-refractivity contribution >= 4 is 23.0 Å². The van der Waals surface area contributed by atoms with Gasteiger partial charge in [0.25, 0.3) is 0 Å². The number of ketones is 1. The summed E-state index contributed by atoms with van der Waals surface area (Å²) in [5, 5.41) is 14.4. The van der Waals surface area contributed by atoms with Gasteiger partial charge in [0, 0.05) is 29.5 Å². The fourth-order valence-electron chi connectivity index (χ4n) is 4.77. The number of hydrogen-bond acceptors (Lipinski definition) is 5. The zero-order valence-corrected chi connectivity index (χ0v) is 17.5. The van der Waals surface area contributed by atoms with E-state index >= 15 is 0 Å². The Hall–Kier alpha value is -2.80. The molecular weight excluding hydrogens is 396 g/mol. The third-order valence-electron chi connectivity index (χ3n) is 6.28. The Balaban J connectivity index is 1.55. The lowest BCUT2D eigenvalue weighted by Crippen LogP contribution is -2.42. The van der Waals surface area contributed by atoms with Crippen molar-refractivity contribution in [2.24, 2.45) is 5.92 Å². The summed E-state index contributed by atoms with van der Waals surface area (Å²) in [5.41, 5.74) is 2.36. The second kappa shape index (κ2) is 8.14. The number of Topliss-reactive ketones (excluding diaryl/α,β-unsaturated/α-hetero) is 1. The van der Waals surface area contributed by atoms with E-state index in [1.807, 2.05) is 41.8 Å². The highest BCUT2D eigenvalue weighted by atomic mass is 32.1. The van der Waals surface area contributed by atoms with Crippen molar-refractivity contribution in [3.8, 4) is 5.00 Å². The van der Waals surface area contributed by atoms with Crippen molar-refractivity contribution in [1.82, 2.24) is 20.3 Å². The van der Waals surface area contributed by atoms with Gasteiger partial charge in [-0.1, -0.05) is 54.8 Å². The third kappa shape index (κ3) is 3.47. The molecule has 6 nitrogen and oxygen atoms in total. The van der Waals surface area contributed by atoms with Gasteiger partial charge in [-0.2, -0.15) is 0 Å². The van der Waals surface area contributed by atoms with Crippen LogP contribution in [0.2, 0.25) is 0 Å². The molecular formula is C23H24N4O2S. The highest BCUT2D eigenvalue weighted by Crippen LogP contribution is 2.40. The quantitative estimate of drug-likeness (QED) is 0.649. The molecule has 1 saturated carbocycles. The van der Waals surface area contributed by atoms with E-state index < -0.39 is 11.8 Å². The Kier molecular flexibility index (Phi) is 5.21. The van der Waals surface area contributed by atoms with Gasteiger partial charge in [0.05, 0.1) is 17.8 Å². The van der Waals surface area contributed by atoms with Crippen molar-refractivity contribution in [2.75, 3.05) is 0 Å². The fourth-order valence-corrected chi connectivity index (χ4v) is 5.70. The number of nitrogens with one attached hydrogen (secondary N) is 1. The van der Waals surface area contributed by atoms with Gasteiger partial charge >= 0.3 is 0 Å². The van der Waals surface area contributed by atoms with Gasteiger partial charge in [0.1, 0.15) is 5.00 Å². The van der Waals surface area contributed by atoms with Crippen LogP contribution >= 0.6 is 11.3 Å². The molecule has 2 aliphatic rings. The molecule has 1 aliphatic heterocycles. The second-order valence-electron chi connectivity index (χ2n) is 8.18. The minimum Gasteiger partial charge on any atom is -0.353 e. The first-order valence-electron chi connectivity index (χ1n) is 10.6. The van der Waals surface area contributed by atoms with Gasteiger partial charge in [0.2, 0.25) is 5.91 Å². The maximum Gasteiger partial charge on any atom is 0.228 e. The van der Waals surface area contributed by atoms with Gasteiger partial charge in [-0.15, -0.1) is 16.4 Å². The van der Waals surface area contributed by atoms with Crippen LogP contribution in [0, 0.1) is 5.92 Å². The SMILES string of the molecule is O=C(c1ccccc1)C1Cc2cnnn2-c2sccc2C1C(=O)NC1CCCCC1. The van der Waals surface area contributed by atoms with Crippen molar-refractivity contribution in [3.05, 3.63) is 64.8 Å². The average molecular weight is 421 g/mol. The summed E-state index contributed by atoms with van der Waals surface area (Å²) in [6.45, 7) is 0. The van der Waals surface area contributed by atoms with Crippen molar-refractivity contribution in [3.63, 3.8) is 0 Å². The molecule has 2 unspecified atom stereocenters. The number of carbonyl (C=O) groups excluding carboxylic acids is 2. The van der Waals surface area contributed by atoms with Crippen LogP contribution in [0.1, 0.15) is 59.6 Å². The lowest BCUT2D eigenvalue weighted by atomic mass is 9.79. The highest BCUT2D eigenvalue weighted by molar-refractivity contribution is 7.12. The number of hydrogen-bond donors (Lipinski definition) is 1. The van der Waals surface area contributed by atoms with Gasteiger partial charge in [-0.3, -0.25) is 9.59 Å². The van der Waals surface area contributed by atoms with Crippen LogP contribution in [0.5, 0.6) is 0 Å². The van der Waals surface area contributed by atoms with Crippen LogP contribution < -0.4 is 5.32 Å². The molecule has 5 rings (SSSR count). The van der Waals surface area contributed by atoms with Gasteiger partial charge in [0.15, 0.2) is 5.78 Å². The van der Waals surface area contributed by atoms with E-state index in [-0.39, 0.29) is 17.7 Å². The summed E-state index contributed by atoms with van der Waals surface area (Å²) in [6.07, 6.45) is 7.68. The Morgan fingerprint density at radius 1 is 1.07 bits per heavy atom. The monoisotopic (exact) mass is 420 g/mol. The Morgan fingerprint density at radius 2 is 1.87 bits per heavy atom. The molecule has 2 aromatic heterocycles. The molecule has 154 valence electrons. The zero-order chi connectivity index (χ0) is 20.5. The van der Waals surface area contributed by atoms with E-state index in [1.165, 1.54) is 17.8 Å².